The number of amides is 2. The Bertz CT molecular complexity index is 810. The molecule has 0 radical (unpaired) electrons. The molecule has 1 saturated carbocycles. The summed E-state index contributed by atoms with van der Waals surface area (Å²) in [4.78, 5) is 19.6. The summed E-state index contributed by atoms with van der Waals surface area (Å²) in [7, 11) is 0. The Labute approximate surface area is 160 Å². The van der Waals surface area contributed by atoms with E-state index >= 15 is 0 Å². The summed E-state index contributed by atoms with van der Waals surface area (Å²) in [6.45, 7) is 5.76. The molecular formula is C21H29N5O. The van der Waals surface area contributed by atoms with E-state index in [0.717, 1.165) is 56.0 Å². The predicted molar refractivity (Wildman–Crippen MR) is 106 cm³/mol. The van der Waals surface area contributed by atoms with Crippen LogP contribution in [0.3, 0.4) is 0 Å². The largest absolute Gasteiger partial charge is 0.323 e. The number of H-pyrrole nitrogens is 1. The lowest BCUT2D eigenvalue weighted by Crippen LogP contribution is -2.39. The van der Waals surface area contributed by atoms with Gasteiger partial charge in [0.05, 0.1) is 0 Å². The lowest BCUT2D eigenvalue weighted by molar-refractivity contribution is 0.122. The number of nitrogens with one attached hydrogen (secondary N) is 2. The van der Waals surface area contributed by atoms with Crippen LogP contribution in [-0.4, -0.2) is 39.2 Å². The van der Waals surface area contributed by atoms with Gasteiger partial charge in [-0.2, -0.15) is 5.10 Å². The quantitative estimate of drug-likeness (QED) is 0.835. The maximum Gasteiger partial charge on any atom is 0.321 e. The molecule has 6 heteroatoms. The topological polar surface area (TPSA) is 73.9 Å². The molecule has 1 aromatic heterocycles. The number of hydrogen-bond acceptors (Lipinski definition) is 3. The maximum absolute atomic E-state index is 12.9. The molecule has 144 valence electrons. The molecule has 1 spiro atoms. The van der Waals surface area contributed by atoms with Crippen molar-refractivity contribution in [2.45, 2.75) is 58.3 Å². The molecule has 1 saturated heterocycles. The fraction of sp³-hybridized carbons (Fsp3) is 0.571. The molecule has 4 rings (SSSR count). The molecule has 2 N–H and O–H groups in total. The summed E-state index contributed by atoms with van der Waals surface area (Å²) >= 11 is 0. The number of likely N-dealkylation sites (tertiary alicyclic amines) is 1. The van der Waals surface area contributed by atoms with E-state index in [1.54, 1.807) is 0 Å². The van der Waals surface area contributed by atoms with Crippen LogP contribution in [-0.2, 0) is 12.8 Å². The highest BCUT2D eigenvalue weighted by Gasteiger charge is 2.53. The Hall–Kier alpha value is -2.37. The second-order valence-electron chi connectivity index (χ2n) is 8.02. The normalized spacial score (nSPS) is 20.7. The highest BCUT2D eigenvalue weighted by Crippen LogP contribution is 2.55. The molecular weight excluding hydrogens is 338 g/mol. The molecule has 2 amide bonds. The van der Waals surface area contributed by atoms with Gasteiger partial charge >= 0.3 is 6.03 Å². The van der Waals surface area contributed by atoms with Crippen LogP contribution in [0.2, 0.25) is 0 Å². The zero-order valence-electron chi connectivity index (χ0n) is 16.3. The minimum atomic E-state index is -0.0126. The Kier molecular flexibility index (Phi) is 4.89. The third-order valence-corrected chi connectivity index (χ3v) is 6.22. The van der Waals surface area contributed by atoms with Gasteiger partial charge < -0.3 is 10.2 Å². The smallest absolute Gasteiger partial charge is 0.321 e. The minimum absolute atomic E-state index is 0.0126. The summed E-state index contributed by atoms with van der Waals surface area (Å²) in [6, 6.07) is 8.08. The molecule has 2 aliphatic rings. The fourth-order valence-electron chi connectivity index (χ4n) is 4.50. The predicted octanol–water partition coefficient (Wildman–Crippen LogP) is 4.12. The average molecular weight is 367 g/mol. The number of carbonyl (C=O) groups is 1. The molecule has 1 unspecified atom stereocenters. The van der Waals surface area contributed by atoms with E-state index in [0.29, 0.717) is 6.54 Å². The van der Waals surface area contributed by atoms with Gasteiger partial charge in [-0.25, -0.2) is 9.78 Å². The highest BCUT2D eigenvalue weighted by atomic mass is 16.2. The van der Waals surface area contributed by atoms with Crippen LogP contribution in [0.25, 0.3) is 0 Å². The zero-order chi connectivity index (χ0) is 18.9. The van der Waals surface area contributed by atoms with Crippen LogP contribution < -0.4 is 5.32 Å². The lowest BCUT2D eigenvalue weighted by Gasteiger charge is -2.41. The molecule has 1 aliphatic carbocycles. The van der Waals surface area contributed by atoms with E-state index in [4.69, 9.17) is 4.98 Å². The number of benzene rings is 1. The second kappa shape index (κ2) is 7.33. The summed E-state index contributed by atoms with van der Waals surface area (Å²) in [5.41, 5.74) is 2.26. The monoisotopic (exact) mass is 367 g/mol. The van der Waals surface area contributed by atoms with Gasteiger partial charge in [-0.3, -0.25) is 5.10 Å². The number of aryl methyl sites for hydroxylation is 2. The van der Waals surface area contributed by atoms with Crippen LogP contribution >= 0.6 is 0 Å². The average Bonchev–Trinajstić information content (AvgIpc) is 3.26. The molecule has 1 aliphatic heterocycles. The SMILES string of the molecule is CCCc1nc(C2CN(C(=O)Nc3cccc(CC)c3)CC23CCC3)n[nH]1. The number of rotatable bonds is 5. The van der Waals surface area contributed by atoms with Crippen molar-refractivity contribution in [3.63, 3.8) is 0 Å². The Morgan fingerprint density at radius 1 is 1.37 bits per heavy atom. The first kappa shape index (κ1) is 18.0. The van der Waals surface area contributed by atoms with Crippen molar-refractivity contribution in [1.29, 1.82) is 0 Å². The van der Waals surface area contributed by atoms with E-state index < -0.39 is 0 Å². The number of urea groups is 1. The standard InChI is InChI=1S/C21H29N5O/c1-3-7-18-23-19(25-24-18)17-13-26(14-21(17)10-6-11-21)20(27)22-16-9-5-8-15(4-2)12-16/h5,8-9,12,17H,3-4,6-7,10-11,13-14H2,1-2H3,(H,22,27)(H,23,24,25). The number of anilines is 1. The van der Waals surface area contributed by atoms with E-state index in [2.05, 4.69) is 41.5 Å². The summed E-state index contributed by atoms with van der Waals surface area (Å²) in [6.07, 6.45) is 6.48. The van der Waals surface area contributed by atoms with Gasteiger partial charge in [0.15, 0.2) is 5.82 Å². The van der Waals surface area contributed by atoms with Crippen LogP contribution in [0.15, 0.2) is 24.3 Å². The molecule has 6 nitrogen and oxygen atoms in total. The summed E-state index contributed by atoms with van der Waals surface area (Å²) in [5, 5.41) is 10.7. The third kappa shape index (κ3) is 3.45. The number of aromatic amines is 1. The lowest BCUT2D eigenvalue weighted by atomic mass is 9.62. The Morgan fingerprint density at radius 3 is 2.93 bits per heavy atom. The van der Waals surface area contributed by atoms with Crippen LogP contribution in [0.5, 0.6) is 0 Å². The summed E-state index contributed by atoms with van der Waals surface area (Å²) < 4.78 is 0. The van der Waals surface area contributed by atoms with Gasteiger partial charge in [0.25, 0.3) is 0 Å². The van der Waals surface area contributed by atoms with Crippen molar-refractivity contribution in [2.75, 3.05) is 18.4 Å². The van der Waals surface area contributed by atoms with Crippen molar-refractivity contribution < 1.29 is 4.79 Å². The number of hydrogen-bond donors (Lipinski definition) is 2. The molecule has 1 atom stereocenters. The van der Waals surface area contributed by atoms with Gasteiger partial charge in [0, 0.05) is 31.1 Å². The first-order chi connectivity index (χ1) is 13.1. The Balaban J connectivity index is 1.48. The first-order valence-corrected chi connectivity index (χ1v) is 10.2. The van der Waals surface area contributed by atoms with Gasteiger partial charge in [0.2, 0.25) is 0 Å². The Morgan fingerprint density at radius 2 is 2.22 bits per heavy atom. The molecule has 2 aromatic rings. The minimum Gasteiger partial charge on any atom is -0.323 e. The van der Waals surface area contributed by atoms with E-state index in [1.807, 2.05) is 17.0 Å². The van der Waals surface area contributed by atoms with Crippen molar-refractivity contribution in [3.8, 4) is 0 Å². The van der Waals surface area contributed by atoms with Gasteiger partial charge in [-0.05, 0) is 48.8 Å². The number of aromatic nitrogens is 3. The highest BCUT2D eigenvalue weighted by molar-refractivity contribution is 5.89. The summed E-state index contributed by atoms with van der Waals surface area (Å²) in [5.74, 6) is 2.09. The second-order valence-corrected chi connectivity index (χ2v) is 8.02. The molecule has 2 fully saturated rings. The molecule has 1 aromatic carbocycles. The zero-order valence-corrected chi connectivity index (χ0v) is 16.3. The van der Waals surface area contributed by atoms with E-state index in [9.17, 15) is 4.79 Å². The third-order valence-electron chi connectivity index (χ3n) is 6.22. The van der Waals surface area contributed by atoms with Crippen molar-refractivity contribution in [2.24, 2.45) is 5.41 Å². The number of carbonyl (C=O) groups excluding carboxylic acids is 1. The van der Waals surface area contributed by atoms with Crippen LogP contribution in [0.1, 0.15) is 62.7 Å². The molecule has 0 bridgehead atoms. The van der Waals surface area contributed by atoms with Gasteiger partial charge in [-0.15, -0.1) is 0 Å². The number of nitrogens with zero attached hydrogens (tertiary/aromatic N) is 3. The fourth-order valence-corrected chi connectivity index (χ4v) is 4.50. The van der Waals surface area contributed by atoms with E-state index in [-0.39, 0.29) is 17.4 Å². The maximum atomic E-state index is 12.9. The van der Waals surface area contributed by atoms with Crippen molar-refractivity contribution in [1.82, 2.24) is 20.1 Å². The van der Waals surface area contributed by atoms with Gasteiger partial charge in [-0.1, -0.05) is 32.4 Å². The van der Waals surface area contributed by atoms with Crippen LogP contribution in [0, 0.1) is 5.41 Å². The van der Waals surface area contributed by atoms with Crippen molar-refractivity contribution >= 4 is 11.7 Å². The van der Waals surface area contributed by atoms with Gasteiger partial charge in [0.1, 0.15) is 5.82 Å². The van der Waals surface area contributed by atoms with E-state index in [1.165, 1.54) is 12.0 Å². The molecule has 2 heterocycles. The van der Waals surface area contributed by atoms with Crippen LogP contribution in [0.4, 0.5) is 10.5 Å². The first-order valence-electron chi connectivity index (χ1n) is 10.2. The van der Waals surface area contributed by atoms with Crippen molar-refractivity contribution in [3.05, 3.63) is 41.5 Å². The molecule has 27 heavy (non-hydrogen) atoms.